The number of carbonyl (C=O) groups is 2. The molecule has 0 bridgehead atoms. The first-order chi connectivity index (χ1) is 6.13. The summed E-state index contributed by atoms with van der Waals surface area (Å²) in [7, 11) is 0. The van der Waals surface area contributed by atoms with E-state index in [0.29, 0.717) is 0 Å². The molecule has 2 N–H and O–H groups in total. The molecule has 0 amide bonds. The average Bonchev–Trinajstić information content (AvgIpc) is 2.08. The minimum Gasteiger partial charge on any atom is -0.399 e. The number of nitrogen functional groups attached to an aromatic ring is 1. The molecule has 0 atom stereocenters. The van der Waals surface area contributed by atoms with Crippen molar-refractivity contribution in [2.75, 3.05) is 5.73 Å². The summed E-state index contributed by atoms with van der Waals surface area (Å²) in [6, 6.07) is 9.49. The summed E-state index contributed by atoms with van der Waals surface area (Å²) < 4.78 is 0. The van der Waals surface area contributed by atoms with Gasteiger partial charge in [0, 0.05) is 5.69 Å². The number of para-hydroxylation sites is 1. The van der Waals surface area contributed by atoms with Gasteiger partial charge < -0.3 is 15.3 Å². The highest BCUT2D eigenvalue weighted by molar-refractivity contribution is 5.72. The molecule has 0 heterocycles. The van der Waals surface area contributed by atoms with Crippen molar-refractivity contribution in [2.45, 2.75) is 13.8 Å². The first-order valence-corrected chi connectivity index (χ1v) is 3.69. The van der Waals surface area contributed by atoms with E-state index in [1.54, 1.807) is 0 Å². The number of hydrogen-bond donors (Lipinski definition) is 1. The summed E-state index contributed by atoms with van der Waals surface area (Å²) in [4.78, 5) is 17.4. The van der Waals surface area contributed by atoms with Crippen LogP contribution in [0.5, 0.6) is 0 Å². The van der Waals surface area contributed by atoms with Crippen molar-refractivity contribution < 1.29 is 9.59 Å². The van der Waals surface area contributed by atoms with Crippen molar-refractivity contribution >= 4 is 18.3 Å². The fourth-order valence-corrected chi connectivity index (χ4v) is 0.453. The van der Waals surface area contributed by atoms with Crippen LogP contribution in [-0.4, -0.2) is 12.6 Å². The number of carbonyl (C=O) groups excluding carboxylic acids is 2. The molecule has 0 aromatic heterocycles. The minimum absolute atomic E-state index is 0.167. The maximum atomic E-state index is 9.44. The fourth-order valence-electron chi connectivity index (χ4n) is 0.453. The second kappa shape index (κ2) is 10.4. The van der Waals surface area contributed by atoms with Gasteiger partial charge in [0.25, 0.3) is 0 Å². The Labute approximate surface area is 78.6 Å². The predicted octanol–water partition coefficient (Wildman–Crippen LogP) is 1.68. The summed E-state index contributed by atoms with van der Waals surface area (Å²) in [5.41, 5.74) is 6.18. The number of benzene rings is 1. The van der Waals surface area contributed by atoms with Gasteiger partial charge in [-0.25, -0.2) is 0 Å². The van der Waals surface area contributed by atoms with E-state index in [2.05, 4.69) is 0 Å². The van der Waals surface area contributed by atoms with Gasteiger partial charge >= 0.3 is 0 Å². The molecule has 0 radical (unpaired) electrons. The van der Waals surface area contributed by atoms with Crippen molar-refractivity contribution in [2.24, 2.45) is 0 Å². The molecule has 3 heteroatoms. The molecule has 0 spiro atoms. The second-order valence-electron chi connectivity index (χ2n) is 2.32. The van der Waals surface area contributed by atoms with E-state index in [4.69, 9.17) is 10.5 Å². The fraction of sp³-hybridized carbons (Fsp3) is 0.200. The Morgan fingerprint density at radius 3 is 1.62 bits per heavy atom. The van der Waals surface area contributed by atoms with Gasteiger partial charge in [-0.15, -0.1) is 0 Å². The molecule has 0 aliphatic carbocycles. The summed E-state index contributed by atoms with van der Waals surface area (Å²) >= 11 is 0. The molecule has 72 valence electrons. The Morgan fingerprint density at radius 1 is 1.15 bits per heavy atom. The maximum absolute atomic E-state index is 9.44. The van der Waals surface area contributed by atoms with Crippen molar-refractivity contribution in [3.63, 3.8) is 0 Å². The minimum atomic E-state index is 0.167. The molecule has 1 aromatic rings. The van der Waals surface area contributed by atoms with Crippen LogP contribution in [0.2, 0.25) is 0 Å². The number of Topliss-reactive ketones (excluding diaryl/α,β-unsaturated/α-hetero) is 1. The van der Waals surface area contributed by atoms with E-state index in [1.807, 2.05) is 37.1 Å². The lowest BCUT2D eigenvalue weighted by Crippen LogP contribution is -1.79. The van der Waals surface area contributed by atoms with Crippen molar-refractivity contribution in [1.82, 2.24) is 0 Å². The Hall–Kier alpha value is -1.64. The van der Waals surface area contributed by atoms with Crippen LogP contribution in [0.3, 0.4) is 0 Å². The van der Waals surface area contributed by atoms with Gasteiger partial charge in [-0.05, 0) is 26.0 Å². The number of nitrogens with two attached hydrogens (primary N) is 1. The molecule has 1 rings (SSSR count). The average molecular weight is 181 g/mol. The van der Waals surface area contributed by atoms with Gasteiger partial charge in [-0.1, -0.05) is 18.2 Å². The highest BCUT2D eigenvalue weighted by Crippen LogP contribution is 1.95. The number of rotatable bonds is 0. The molecular weight excluding hydrogens is 166 g/mol. The third-order valence-corrected chi connectivity index (χ3v) is 0.800. The SMILES string of the molecule is C=O.CC(C)=O.Nc1ccccc1. The van der Waals surface area contributed by atoms with Crippen molar-refractivity contribution in [3.8, 4) is 0 Å². The van der Waals surface area contributed by atoms with Gasteiger partial charge in [0.05, 0.1) is 0 Å². The van der Waals surface area contributed by atoms with Crippen LogP contribution < -0.4 is 5.73 Å². The van der Waals surface area contributed by atoms with Crippen LogP contribution in [-0.2, 0) is 9.59 Å². The lowest BCUT2D eigenvalue weighted by atomic mass is 10.3. The third-order valence-electron chi connectivity index (χ3n) is 0.800. The first kappa shape index (κ1) is 13.9. The highest BCUT2D eigenvalue weighted by Gasteiger charge is 1.72. The van der Waals surface area contributed by atoms with E-state index in [-0.39, 0.29) is 5.78 Å². The first-order valence-electron chi connectivity index (χ1n) is 3.69. The monoisotopic (exact) mass is 181 g/mol. The van der Waals surface area contributed by atoms with Crippen LogP contribution in [0.4, 0.5) is 5.69 Å². The Morgan fingerprint density at radius 2 is 1.46 bits per heavy atom. The zero-order valence-electron chi connectivity index (χ0n) is 7.99. The largest absolute Gasteiger partial charge is 0.399 e. The predicted molar refractivity (Wildman–Crippen MR) is 54.3 cm³/mol. The van der Waals surface area contributed by atoms with E-state index >= 15 is 0 Å². The third kappa shape index (κ3) is 17.9. The topological polar surface area (TPSA) is 60.2 Å². The quantitative estimate of drug-likeness (QED) is 0.619. The van der Waals surface area contributed by atoms with Crippen molar-refractivity contribution in [3.05, 3.63) is 30.3 Å². The number of ketones is 1. The van der Waals surface area contributed by atoms with Crippen LogP contribution in [0.25, 0.3) is 0 Å². The van der Waals surface area contributed by atoms with Crippen LogP contribution in [0.1, 0.15) is 13.8 Å². The molecule has 0 unspecified atom stereocenters. The van der Waals surface area contributed by atoms with Gasteiger partial charge in [-0.2, -0.15) is 0 Å². The number of hydrogen-bond acceptors (Lipinski definition) is 3. The normalized spacial score (nSPS) is 6.92. The summed E-state index contributed by atoms with van der Waals surface area (Å²) in [5.74, 6) is 0.167. The summed E-state index contributed by atoms with van der Waals surface area (Å²) in [6.07, 6.45) is 0. The molecule has 13 heavy (non-hydrogen) atoms. The molecule has 0 fully saturated rings. The standard InChI is InChI=1S/C6H7N.C3H6O.CH2O/c7-6-4-2-1-3-5-6;1-3(2)4;1-2/h1-5H,7H2;1-2H3;1H2. The molecule has 0 aliphatic rings. The van der Waals surface area contributed by atoms with Gasteiger partial charge in [-0.3, -0.25) is 0 Å². The molecule has 0 aliphatic heterocycles. The molecule has 0 saturated carbocycles. The zero-order valence-corrected chi connectivity index (χ0v) is 7.99. The van der Waals surface area contributed by atoms with Crippen LogP contribution in [0.15, 0.2) is 30.3 Å². The van der Waals surface area contributed by atoms with E-state index in [9.17, 15) is 4.79 Å². The van der Waals surface area contributed by atoms with E-state index in [1.165, 1.54) is 13.8 Å². The molecule has 3 nitrogen and oxygen atoms in total. The maximum Gasteiger partial charge on any atom is 0.126 e. The van der Waals surface area contributed by atoms with E-state index < -0.39 is 0 Å². The lowest BCUT2D eigenvalue weighted by Gasteiger charge is -1.83. The summed E-state index contributed by atoms with van der Waals surface area (Å²) in [6.45, 7) is 5.06. The van der Waals surface area contributed by atoms with Crippen LogP contribution >= 0.6 is 0 Å². The van der Waals surface area contributed by atoms with Gasteiger partial charge in [0.15, 0.2) is 0 Å². The molecule has 0 saturated heterocycles. The second-order valence-corrected chi connectivity index (χ2v) is 2.32. The Balaban J connectivity index is 0. The zero-order chi connectivity index (χ0) is 10.7. The Bertz CT molecular complexity index is 218. The van der Waals surface area contributed by atoms with E-state index in [0.717, 1.165) is 5.69 Å². The van der Waals surface area contributed by atoms with Crippen molar-refractivity contribution in [1.29, 1.82) is 0 Å². The number of anilines is 1. The Kier molecular flexibility index (Phi) is 11.1. The van der Waals surface area contributed by atoms with Gasteiger partial charge in [0.2, 0.25) is 0 Å². The molecular formula is C10H15NO2. The lowest BCUT2D eigenvalue weighted by molar-refractivity contribution is -0.115. The van der Waals surface area contributed by atoms with Crippen LogP contribution in [0, 0.1) is 0 Å². The smallest absolute Gasteiger partial charge is 0.126 e. The van der Waals surface area contributed by atoms with Gasteiger partial charge in [0.1, 0.15) is 12.6 Å². The summed E-state index contributed by atoms with van der Waals surface area (Å²) in [5, 5.41) is 0. The molecule has 1 aromatic carbocycles. The highest BCUT2D eigenvalue weighted by atomic mass is 16.1.